The highest BCUT2D eigenvalue weighted by atomic mass is 19.1. The van der Waals surface area contributed by atoms with Crippen molar-refractivity contribution in [2.75, 3.05) is 26.9 Å². The summed E-state index contributed by atoms with van der Waals surface area (Å²) in [5.41, 5.74) is 1.18. The Kier molecular flexibility index (Phi) is 4.31. The summed E-state index contributed by atoms with van der Waals surface area (Å²) in [6.45, 7) is 2.58. The molecule has 94 valence electrons. The molecule has 1 saturated heterocycles. The molecule has 0 bridgehead atoms. The molecule has 0 N–H and O–H groups in total. The van der Waals surface area contributed by atoms with Crippen LogP contribution in [0, 0.1) is 5.92 Å². The molecule has 17 heavy (non-hydrogen) atoms. The van der Waals surface area contributed by atoms with Gasteiger partial charge in [0.25, 0.3) is 0 Å². The summed E-state index contributed by atoms with van der Waals surface area (Å²) < 4.78 is 17.7. The van der Waals surface area contributed by atoms with Gasteiger partial charge in [-0.2, -0.15) is 0 Å². The average molecular weight is 238 g/mol. The van der Waals surface area contributed by atoms with E-state index >= 15 is 0 Å². The van der Waals surface area contributed by atoms with Gasteiger partial charge in [0.15, 0.2) is 0 Å². The lowest BCUT2D eigenvalue weighted by molar-refractivity contribution is 0.147. The molecule has 3 nitrogen and oxygen atoms in total. The van der Waals surface area contributed by atoms with Gasteiger partial charge < -0.3 is 4.74 Å². The highest BCUT2D eigenvalue weighted by Gasteiger charge is 2.19. The largest absolute Gasteiger partial charge is 0.481 e. The van der Waals surface area contributed by atoms with Crippen LogP contribution in [0.5, 0.6) is 5.88 Å². The van der Waals surface area contributed by atoms with Gasteiger partial charge in [0.1, 0.15) is 0 Å². The maximum Gasteiger partial charge on any atom is 0.213 e. The minimum Gasteiger partial charge on any atom is -0.481 e. The summed E-state index contributed by atoms with van der Waals surface area (Å²) in [5, 5.41) is 0. The first-order valence-corrected chi connectivity index (χ1v) is 6.09. The Labute approximate surface area is 102 Å². The Balaban J connectivity index is 1.95. The molecular formula is C13H19FN2O. The first-order chi connectivity index (χ1) is 8.31. The number of methoxy groups -OCH3 is 1. The van der Waals surface area contributed by atoms with Crippen LogP contribution in [-0.2, 0) is 6.54 Å². The van der Waals surface area contributed by atoms with Gasteiger partial charge in [-0.15, -0.1) is 0 Å². The van der Waals surface area contributed by atoms with Crippen molar-refractivity contribution in [2.24, 2.45) is 5.92 Å². The lowest BCUT2D eigenvalue weighted by Crippen LogP contribution is -2.35. The number of halogens is 1. The van der Waals surface area contributed by atoms with Gasteiger partial charge in [0.2, 0.25) is 5.88 Å². The smallest absolute Gasteiger partial charge is 0.213 e. The third-order valence-electron chi connectivity index (χ3n) is 3.24. The first-order valence-electron chi connectivity index (χ1n) is 6.09. The quantitative estimate of drug-likeness (QED) is 0.804. The van der Waals surface area contributed by atoms with Crippen molar-refractivity contribution in [1.29, 1.82) is 0 Å². The number of hydrogen-bond acceptors (Lipinski definition) is 3. The molecule has 1 unspecified atom stereocenters. The van der Waals surface area contributed by atoms with Crippen LogP contribution in [-0.4, -0.2) is 36.8 Å². The second-order valence-corrected chi connectivity index (χ2v) is 4.60. The van der Waals surface area contributed by atoms with Crippen molar-refractivity contribution in [1.82, 2.24) is 9.88 Å². The number of aromatic nitrogens is 1. The maximum absolute atomic E-state index is 12.7. The van der Waals surface area contributed by atoms with Gasteiger partial charge >= 0.3 is 0 Å². The maximum atomic E-state index is 12.7. The topological polar surface area (TPSA) is 25.4 Å². The van der Waals surface area contributed by atoms with E-state index in [1.165, 1.54) is 5.56 Å². The summed E-state index contributed by atoms with van der Waals surface area (Å²) in [4.78, 5) is 6.39. The van der Waals surface area contributed by atoms with Crippen LogP contribution in [0.2, 0.25) is 0 Å². The Morgan fingerprint density at radius 2 is 2.47 bits per heavy atom. The standard InChI is InChI=1S/C13H19FN2O/c1-17-13-7-11(4-5-15-13)9-16-6-2-3-12(8-14)10-16/h4-5,7,12H,2-3,6,8-10H2,1H3. The molecule has 0 saturated carbocycles. The minimum atomic E-state index is -0.198. The van der Waals surface area contributed by atoms with Crippen LogP contribution >= 0.6 is 0 Å². The molecule has 1 fully saturated rings. The second-order valence-electron chi connectivity index (χ2n) is 4.60. The molecule has 1 aromatic rings. The van der Waals surface area contributed by atoms with E-state index in [1.807, 2.05) is 12.1 Å². The third-order valence-corrected chi connectivity index (χ3v) is 3.24. The van der Waals surface area contributed by atoms with Gasteiger partial charge in [-0.1, -0.05) is 0 Å². The number of alkyl halides is 1. The van der Waals surface area contributed by atoms with E-state index in [0.717, 1.165) is 32.5 Å². The highest BCUT2D eigenvalue weighted by Crippen LogP contribution is 2.19. The van der Waals surface area contributed by atoms with Crippen molar-refractivity contribution in [3.8, 4) is 5.88 Å². The fourth-order valence-corrected chi connectivity index (χ4v) is 2.34. The number of rotatable bonds is 4. The zero-order valence-corrected chi connectivity index (χ0v) is 10.2. The Bertz CT molecular complexity index is 359. The summed E-state index contributed by atoms with van der Waals surface area (Å²) in [5.74, 6) is 0.856. The van der Waals surface area contributed by atoms with Crippen molar-refractivity contribution >= 4 is 0 Å². The summed E-state index contributed by atoms with van der Waals surface area (Å²) >= 11 is 0. The lowest BCUT2D eigenvalue weighted by atomic mass is 9.99. The van der Waals surface area contributed by atoms with Gasteiger partial charge in [0.05, 0.1) is 13.8 Å². The summed E-state index contributed by atoms with van der Waals surface area (Å²) in [6, 6.07) is 3.93. The zero-order chi connectivity index (χ0) is 12.1. The molecule has 0 aliphatic carbocycles. The molecule has 1 aliphatic rings. The van der Waals surface area contributed by atoms with E-state index < -0.39 is 0 Å². The molecule has 0 radical (unpaired) electrons. The van der Waals surface area contributed by atoms with Crippen molar-refractivity contribution in [2.45, 2.75) is 19.4 Å². The lowest BCUT2D eigenvalue weighted by Gasteiger charge is -2.31. The Hall–Kier alpha value is -1.16. The van der Waals surface area contributed by atoms with Crippen LogP contribution in [0.3, 0.4) is 0 Å². The number of piperidine rings is 1. The van der Waals surface area contributed by atoms with E-state index in [-0.39, 0.29) is 12.6 Å². The zero-order valence-electron chi connectivity index (χ0n) is 10.2. The molecule has 2 heterocycles. The predicted molar refractivity (Wildman–Crippen MR) is 64.8 cm³/mol. The molecule has 2 rings (SSSR count). The van der Waals surface area contributed by atoms with Crippen LogP contribution in [0.1, 0.15) is 18.4 Å². The molecule has 4 heteroatoms. The van der Waals surface area contributed by atoms with Gasteiger partial charge in [-0.3, -0.25) is 9.29 Å². The van der Waals surface area contributed by atoms with Gasteiger partial charge in [-0.05, 0) is 31.0 Å². The van der Waals surface area contributed by atoms with Crippen LogP contribution in [0.15, 0.2) is 18.3 Å². The summed E-state index contributed by atoms with van der Waals surface area (Å²) in [7, 11) is 1.62. The van der Waals surface area contributed by atoms with Crippen LogP contribution in [0.4, 0.5) is 4.39 Å². The molecule has 0 spiro atoms. The van der Waals surface area contributed by atoms with E-state index in [0.29, 0.717) is 5.88 Å². The van der Waals surface area contributed by atoms with E-state index in [2.05, 4.69) is 9.88 Å². The minimum absolute atomic E-state index is 0.198. The normalized spacial score (nSPS) is 21.4. The Morgan fingerprint density at radius 3 is 3.24 bits per heavy atom. The van der Waals surface area contributed by atoms with Crippen molar-refractivity contribution in [3.05, 3.63) is 23.9 Å². The van der Waals surface area contributed by atoms with E-state index in [4.69, 9.17) is 4.74 Å². The summed E-state index contributed by atoms with van der Waals surface area (Å²) in [6.07, 6.45) is 3.87. The van der Waals surface area contributed by atoms with Crippen LogP contribution < -0.4 is 4.74 Å². The number of ether oxygens (including phenoxy) is 1. The number of pyridine rings is 1. The number of hydrogen-bond donors (Lipinski definition) is 0. The number of nitrogens with zero attached hydrogens (tertiary/aromatic N) is 2. The second kappa shape index (κ2) is 5.96. The monoisotopic (exact) mass is 238 g/mol. The molecular weight excluding hydrogens is 219 g/mol. The fourth-order valence-electron chi connectivity index (χ4n) is 2.34. The highest BCUT2D eigenvalue weighted by molar-refractivity contribution is 5.20. The van der Waals surface area contributed by atoms with E-state index in [1.54, 1.807) is 13.3 Å². The van der Waals surface area contributed by atoms with Gasteiger partial charge in [0, 0.05) is 31.3 Å². The van der Waals surface area contributed by atoms with E-state index in [9.17, 15) is 4.39 Å². The first kappa shape index (κ1) is 12.3. The molecule has 0 aromatic carbocycles. The molecule has 0 amide bonds. The predicted octanol–water partition coefficient (Wildman–Crippen LogP) is 2.27. The molecule has 1 aromatic heterocycles. The SMILES string of the molecule is COc1cc(CN2CCCC(CF)C2)ccn1. The average Bonchev–Trinajstić information content (AvgIpc) is 2.39. The van der Waals surface area contributed by atoms with Gasteiger partial charge in [-0.25, -0.2) is 4.98 Å². The van der Waals surface area contributed by atoms with Crippen molar-refractivity contribution in [3.63, 3.8) is 0 Å². The fraction of sp³-hybridized carbons (Fsp3) is 0.615. The molecule has 1 aliphatic heterocycles. The molecule has 1 atom stereocenters. The third kappa shape index (κ3) is 3.40. The van der Waals surface area contributed by atoms with Crippen molar-refractivity contribution < 1.29 is 9.13 Å². The van der Waals surface area contributed by atoms with Crippen LogP contribution in [0.25, 0.3) is 0 Å². The number of likely N-dealkylation sites (tertiary alicyclic amines) is 1. The Morgan fingerprint density at radius 1 is 1.59 bits per heavy atom.